The van der Waals surface area contributed by atoms with Gasteiger partial charge < -0.3 is 9.52 Å². The largest absolute Gasteiger partial charge is 0.479 e. The number of para-hydroxylation sites is 1. The topological polar surface area (TPSA) is 58.6 Å². The molecule has 0 bridgehead atoms. The Labute approximate surface area is 127 Å². The van der Waals surface area contributed by atoms with E-state index in [1.165, 1.54) is 0 Å². The zero-order valence-electron chi connectivity index (χ0n) is 11.6. The summed E-state index contributed by atoms with van der Waals surface area (Å²) in [5.41, 5.74) is 4.06. The van der Waals surface area contributed by atoms with Gasteiger partial charge in [0.15, 0.2) is 0 Å². The van der Waals surface area contributed by atoms with Crippen LogP contribution in [0.4, 0.5) is 5.69 Å². The summed E-state index contributed by atoms with van der Waals surface area (Å²) in [6.07, 6.45) is 3.54. The van der Waals surface area contributed by atoms with Crippen LogP contribution in [-0.4, -0.2) is 16.3 Å². The second kappa shape index (κ2) is 5.00. The second-order valence-electron chi connectivity index (χ2n) is 4.95. The summed E-state index contributed by atoms with van der Waals surface area (Å²) in [6.45, 7) is 0. The predicted molar refractivity (Wildman–Crippen MR) is 86.1 cm³/mol. The fraction of sp³-hybridized carbons (Fsp3) is 0. The van der Waals surface area contributed by atoms with E-state index in [9.17, 15) is 5.11 Å². The van der Waals surface area contributed by atoms with Crippen LogP contribution in [0.2, 0.25) is 0 Å². The molecule has 1 aromatic heterocycles. The molecule has 2 heterocycles. The number of benzene rings is 2. The molecule has 2 aromatic carbocycles. The van der Waals surface area contributed by atoms with Crippen molar-refractivity contribution in [3.05, 3.63) is 65.9 Å². The van der Waals surface area contributed by atoms with Gasteiger partial charge in [-0.2, -0.15) is 0 Å². The molecule has 0 spiro atoms. The highest BCUT2D eigenvalue weighted by atomic mass is 16.5. The maximum absolute atomic E-state index is 9.98. The molecule has 106 valence electrons. The molecule has 0 atom stereocenters. The van der Waals surface area contributed by atoms with E-state index in [-0.39, 0.29) is 5.95 Å². The Bertz CT molecular complexity index is 892. The lowest BCUT2D eigenvalue weighted by Crippen LogP contribution is -1.82. The summed E-state index contributed by atoms with van der Waals surface area (Å²) >= 11 is 0. The van der Waals surface area contributed by atoms with Gasteiger partial charge in [0.05, 0.1) is 5.69 Å². The van der Waals surface area contributed by atoms with Crippen LogP contribution in [0.15, 0.2) is 64.0 Å². The van der Waals surface area contributed by atoms with Gasteiger partial charge in [-0.15, -0.1) is 0 Å². The molecule has 0 aliphatic carbocycles. The molecule has 0 saturated carbocycles. The molecule has 4 heteroatoms. The van der Waals surface area contributed by atoms with Crippen LogP contribution in [0.1, 0.15) is 11.3 Å². The van der Waals surface area contributed by atoms with E-state index in [1.807, 2.05) is 54.6 Å². The van der Waals surface area contributed by atoms with Gasteiger partial charge in [-0.1, -0.05) is 36.4 Å². The van der Waals surface area contributed by atoms with E-state index in [1.54, 1.807) is 12.3 Å². The SMILES string of the molecule is Oc1oc(-c2ccccc2)nc1/C=C1\C=Nc2ccccc21. The average molecular weight is 288 g/mol. The predicted octanol–water partition coefficient (Wildman–Crippen LogP) is 4.30. The minimum atomic E-state index is -0.191. The number of rotatable bonds is 2. The molecule has 1 aliphatic rings. The number of hydrogen-bond acceptors (Lipinski definition) is 4. The van der Waals surface area contributed by atoms with Gasteiger partial charge in [-0.3, -0.25) is 4.99 Å². The zero-order valence-corrected chi connectivity index (χ0v) is 11.6. The van der Waals surface area contributed by atoms with Crippen LogP contribution < -0.4 is 0 Å². The maximum atomic E-state index is 9.98. The summed E-state index contributed by atoms with van der Waals surface area (Å²) in [4.78, 5) is 8.70. The third kappa shape index (κ3) is 2.11. The monoisotopic (exact) mass is 288 g/mol. The van der Waals surface area contributed by atoms with E-state index in [0.29, 0.717) is 11.6 Å². The Morgan fingerprint density at radius 3 is 2.59 bits per heavy atom. The van der Waals surface area contributed by atoms with Crippen molar-refractivity contribution < 1.29 is 9.52 Å². The minimum absolute atomic E-state index is 0.191. The molecule has 0 radical (unpaired) electrons. The molecule has 3 aromatic rings. The van der Waals surface area contributed by atoms with Crippen molar-refractivity contribution in [2.24, 2.45) is 4.99 Å². The summed E-state index contributed by atoms with van der Waals surface area (Å²) in [6, 6.07) is 17.3. The normalized spacial score (nSPS) is 14.5. The zero-order chi connectivity index (χ0) is 14.9. The summed E-state index contributed by atoms with van der Waals surface area (Å²) in [5, 5.41) is 9.98. The standard InChI is InChI=1S/C18H12N2O2/c21-18-16(20-17(22-18)12-6-2-1-3-7-12)10-13-11-19-15-9-5-4-8-14(13)15/h1-11,21H/b13-10+. The van der Waals surface area contributed by atoms with Crippen molar-refractivity contribution in [1.82, 2.24) is 4.98 Å². The lowest BCUT2D eigenvalue weighted by molar-refractivity contribution is 0.336. The summed E-state index contributed by atoms with van der Waals surface area (Å²) in [5.74, 6) is 0.206. The first-order chi connectivity index (χ1) is 10.8. The Balaban J connectivity index is 1.75. The average Bonchev–Trinajstić information content (AvgIpc) is 3.13. The number of hydrogen-bond donors (Lipinski definition) is 1. The highest BCUT2D eigenvalue weighted by molar-refractivity contribution is 6.21. The highest BCUT2D eigenvalue weighted by Gasteiger charge is 2.16. The van der Waals surface area contributed by atoms with Crippen LogP contribution in [0.5, 0.6) is 5.95 Å². The molecular weight excluding hydrogens is 276 g/mol. The van der Waals surface area contributed by atoms with Crippen LogP contribution in [0, 0.1) is 0 Å². The van der Waals surface area contributed by atoms with Gasteiger partial charge in [-0.25, -0.2) is 4.98 Å². The van der Waals surface area contributed by atoms with E-state index < -0.39 is 0 Å². The molecule has 0 unspecified atom stereocenters. The third-order valence-corrected chi connectivity index (χ3v) is 3.51. The van der Waals surface area contributed by atoms with Crippen molar-refractivity contribution in [1.29, 1.82) is 0 Å². The fourth-order valence-corrected chi connectivity index (χ4v) is 2.42. The van der Waals surface area contributed by atoms with E-state index >= 15 is 0 Å². The first-order valence-corrected chi connectivity index (χ1v) is 6.91. The fourth-order valence-electron chi connectivity index (χ4n) is 2.42. The van der Waals surface area contributed by atoms with E-state index in [0.717, 1.165) is 22.4 Å². The van der Waals surface area contributed by atoms with E-state index in [4.69, 9.17) is 4.42 Å². The third-order valence-electron chi connectivity index (χ3n) is 3.51. The molecule has 0 saturated heterocycles. The van der Waals surface area contributed by atoms with Crippen LogP contribution in [0.3, 0.4) is 0 Å². The van der Waals surface area contributed by atoms with Gasteiger partial charge >= 0.3 is 5.95 Å². The Morgan fingerprint density at radius 2 is 1.73 bits per heavy atom. The number of oxazole rings is 1. The van der Waals surface area contributed by atoms with Crippen molar-refractivity contribution in [3.8, 4) is 17.4 Å². The van der Waals surface area contributed by atoms with Crippen molar-refractivity contribution in [3.63, 3.8) is 0 Å². The minimum Gasteiger partial charge on any atom is -0.479 e. The molecule has 4 nitrogen and oxygen atoms in total. The van der Waals surface area contributed by atoms with Crippen LogP contribution in [-0.2, 0) is 0 Å². The Kier molecular flexibility index (Phi) is 2.86. The maximum Gasteiger partial charge on any atom is 0.310 e. The number of aromatic hydroxyl groups is 1. The number of nitrogens with zero attached hydrogens (tertiary/aromatic N) is 2. The summed E-state index contributed by atoms with van der Waals surface area (Å²) < 4.78 is 5.35. The highest BCUT2D eigenvalue weighted by Crippen LogP contribution is 2.34. The number of allylic oxidation sites excluding steroid dienone is 1. The van der Waals surface area contributed by atoms with Gasteiger partial charge in [-0.05, 0) is 24.3 Å². The molecule has 22 heavy (non-hydrogen) atoms. The Morgan fingerprint density at radius 1 is 0.955 bits per heavy atom. The van der Waals surface area contributed by atoms with Gasteiger partial charge in [0.2, 0.25) is 5.89 Å². The van der Waals surface area contributed by atoms with Crippen molar-refractivity contribution in [2.75, 3.05) is 0 Å². The van der Waals surface area contributed by atoms with Gasteiger partial charge in [0.25, 0.3) is 0 Å². The van der Waals surface area contributed by atoms with Crippen LogP contribution in [0.25, 0.3) is 23.1 Å². The second-order valence-corrected chi connectivity index (χ2v) is 4.95. The Hall–Kier alpha value is -3.14. The molecular formula is C18H12N2O2. The molecule has 1 aliphatic heterocycles. The van der Waals surface area contributed by atoms with Crippen molar-refractivity contribution >= 4 is 23.6 Å². The number of aliphatic imine (C=N–C) groups is 1. The number of aromatic nitrogens is 1. The molecule has 4 rings (SSSR count). The molecule has 0 amide bonds. The quantitative estimate of drug-likeness (QED) is 0.764. The molecule has 1 N–H and O–H groups in total. The lowest BCUT2D eigenvalue weighted by Gasteiger charge is -1.97. The van der Waals surface area contributed by atoms with E-state index in [2.05, 4.69) is 9.98 Å². The van der Waals surface area contributed by atoms with Crippen molar-refractivity contribution in [2.45, 2.75) is 0 Å². The first kappa shape index (κ1) is 12.6. The number of fused-ring (bicyclic) bond motifs is 1. The van der Waals surface area contributed by atoms with Gasteiger partial charge in [0.1, 0.15) is 5.69 Å². The molecule has 0 fully saturated rings. The lowest BCUT2D eigenvalue weighted by atomic mass is 10.1. The summed E-state index contributed by atoms with van der Waals surface area (Å²) in [7, 11) is 0. The van der Waals surface area contributed by atoms with Crippen LogP contribution >= 0.6 is 0 Å². The first-order valence-electron chi connectivity index (χ1n) is 6.91. The smallest absolute Gasteiger partial charge is 0.310 e. The van der Waals surface area contributed by atoms with Gasteiger partial charge in [0, 0.05) is 22.9 Å².